The van der Waals surface area contributed by atoms with Crippen LogP contribution in [-0.2, 0) is 6.54 Å². The standard InChI is InChI=1S/C17H22FN3/c1-5-21(15-8-6-7-14(18)10-15)17-16(11-19-4)12(2)9-13(3)20-17/h6-10,19H,5,11H2,1-4H3. The molecular weight excluding hydrogens is 265 g/mol. The number of rotatable bonds is 5. The third-order valence-corrected chi connectivity index (χ3v) is 3.50. The van der Waals surface area contributed by atoms with E-state index in [4.69, 9.17) is 4.98 Å². The number of aryl methyl sites for hydroxylation is 2. The van der Waals surface area contributed by atoms with Crippen LogP contribution >= 0.6 is 0 Å². The molecule has 1 heterocycles. The van der Waals surface area contributed by atoms with Gasteiger partial charge in [-0.15, -0.1) is 0 Å². The van der Waals surface area contributed by atoms with Crippen LogP contribution in [0.15, 0.2) is 30.3 Å². The lowest BCUT2D eigenvalue weighted by atomic mass is 10.1. The van der Waals surface area contributed by atoms with Crippen molar-refractivity contribution >= 4 is 11.5 Å². The summed E-state index contributed by atoms with van der Waals surface area (Å²) in [6, 6.07) is 8.73. The van der Waals surface area contributed by atoms with Crippen LogP contribution in [0, 0.1) is 19.7 Å². The Bertz CT molecular complexity index is 625. The molecule has 1 aromatic heterocycles. The van der Waals surface area contributed by atoms with Crippen molar-refractivity contribution in [1.82, 2.24) is 10.3 Å². The number of hydrogen-bond acceptors (Lipinski definition) is 3. The van der Waals surface area contributed by atoms with E-state index < -0.39 is 0 Å². The Labute approximate surface area is 125 Å². The summed E-state index contributed by atoms with van der Waals surface area (Å²) >= 11 is 0. The van der Waals surface area contributed by atoms with E-state index in [0.717, 1.165) is 35.9 Å². The molecule has 0 saturated heterocycles. The molecule has 0 aliphatic rings. The quantitative estimate of drug-likeness (QED) is 0.908. The third-order valence-electron chi connectivity index (χ3n) is 3.50. The maximum atomic E-state index is 13.5. The molecule has 0 unspecified atom stereocenters. The number of benzene rings is 1. The molecule has 2 rings (SSSR count). The van der Waals surface area contributed by atoms with Gasteiger partial charge in [-0.05, 0) is 57.6 Å². The monoisotopic (exact) mass is 287 g/mol. The van der Waals surface area contributed by atoms with Gasteiger partial charge in [-0.2, -0.15) is 0 Å². The Morgan fingerprint density at radius 3 is 2.62 bits per heavy atom. The summed E-state index contributed by atoms with van der Waals surface area (Å²) in [6.07, 6.45) is 0. The number of hydrogen-bond donors (Lipinski definition) is 1. The molecule has 0 fully saturated rings. The third kappa shape index (κ3) is 3.39. The van der Waals surface area contributed by atoms with E-state index in [1.54, 1.807) is 12.1 Å². The molecular formula is C17H22FN3. The largest absolute Gasteiger partial charge is 0.326 e. The Morgan fingerprint density at radius 2 is 2.00 bits per heavy atom. The zero-order valence-electron chi connectivity index (χ0n) is 13.1. The topological polar surface area (TPSA) is 28.2 Å². The van der Waals surface area contributed by atoms with Gasteiger partial charge in [0.1, 0.15) is 11.6 Å². The predicted octanol–water partition coefficient (Wildman–Crippen LogP) is 3.71. The molecule has 4 heteroatoms. The zero-order valence-corrected chi connectivity index (χ0v) is 13.1. The number of pyridine rings is 1. The number of nitrogens with zero attached hydrogens (tertiary/aromatic N) is 2. The van der Waals surface area contributed by atoms with Crippen LogP contribution in [0.1, 0.15) is 23.7 Å². The molecule has 1 aromatic carbocycles. The molecule has 2 aromatic rings. The summed E-state index contributed by atoms with van der Waals surface area (Å²) in [5.41, 5.74) is 4.14. The molecule has 0 saturated carbocycles. The van der Waals surface area contributed by atoms with Gasteiger partial charge in [0.2, 0.25) is 0 Å². The van der Waals surface area contributed by atoms with Crippen LogP contribution in [0.5, 0.6) is 0 Å². The molecule has 0 spiro atoms. The van der Waals surface area contributed by atoms with Crippen LogP contribution in [0.25, 0.3) is 0 Å². The molecule has 0 bridgehead atoms. The van der Waals surface area contributed by atoms with Gasteiger partial charge >= 0.3 is 0 Å². The van der Waals surface area contributed by atoms with Crippen molar-refractivity contribution in [3.63, 3.8) is 0 Å². The SMILES string of the molecule is CCN(c1cccc(F)c1)c1nc(C)cc(C)c1CNC. The second kappa shape index (κ2) is 6.68. The smallest absolute Gasteiger partial charge is 0.138 e. The minimum atomic E-state index is -0.231. The fraction of sp³-hybridized carbons (Fsp3) is 0.353. The normalized spacial score (nSPS) is 10.7. The van der Waals surface area contributed by atoms with Crippen LogP contribution in [-0.4, -0.2) is 18.6 Å². The van der Waals surface area contributed by atoms with E-state index >= 15 is 0 Å². The maximum absolute atomic E-state index is 13.5. The summed E-state index contributed by atoms with van der Waals surface area (Å²) in [5, 5.41) is 3.19. The van der Waals surface area contributed by atoms with Crippen LogP contribution in [0.4, 0.5) is 15.9 Å². The molecule has 0 radical (unpaired) electrons. The van der Waals surface area contributed by atoms with E-state index in [1.165, 1.54) is 11.6 Å². The van der Waals surface area contributed by atoms with E-state index in [2.05, 4.69) is 23.2 Å². The Balaban J connectivity index is 2.56. The second-order valence-electron chi connectivity index (χ2n) is 5.14. The first kappa shape index (κ1) is 15.4. The Hall–Kier alpha value is -1.94. The van der Waals surface area contributed by atoms with Gasteiger partial charge in [0.05, 0.1) is 0 Å². The molecule has 0 atom stereocenters. The molecule has 0 aliphatic heterocycles. The highest BCUT2D eigenvalue weighted by atomic mass is 19.1. The van der Waals surface area contributed by atoms with Crippen molar-refractivity contribution in [2.45, 2.75) is 27.3 Å². The summed E-state index contributed by atoms with van der Waals surface area (Å²) < 4.78 is 13.5. The summed E-state index contributed by atoms with van der Waals surface area (Å²) in [6.45, 7) is 7.59. The molecule has 1 N–H and O–H groups in total. The van der Waals surface area contributed by atoms with Gasteiger partial charge in [-0.1, -0.05) is 6.07 Å². The first-order valence-electron chi connectivity index (χ1n) is 7.21. The first-order valence-corrected chi connectivity index (χ1v) is 7.21. The number of anilines is 2. The number of aromatic nitrogens is 1. The Kier molecular flexibility index (Phi) is 4.91. The van der Waals surface area contributed by atoms with Crippen molar-refractivity contribution < 1.29 is 4.39 Å². The zero-order chi connectivity index (χ0) is 15.4. The highest BCUT2D eigenvalue weighted by molar-refractivity contribution is 5.64. The minimum absolute atomic E-state index is 0.231. The minimum Gasteiger partial charge on any atom is -0.326 e. The number of halogens is 1. The highest BCUT2D eigenvalue weighted by Gasteiger charge is 2.16. The van der Waals surface area contributed by atoms with Gasteiger partial charge in [-0.25, -0.2) is 9.37 Å². The lowest BCUT2D eigenvalue weighted by molar-refractivity contribution is 0.627. The second-order valence-corrected chi connectivity index (χ2v) is 5.14. The molecule has 0 aliphatic carbocycles. The lowest BCUT2D eigenvalue weighted by Gasteiger charge is -2.26. The van der Waals surface area contributed by atoms with Crippen molar-refractivity contribution in [1.29, 1.82) is 0 Å². The van der Waals surface area contributed by atoms with Gasteiger partial charge in [0.25, 0.3) is 0 Å². The lowest BCUT2D eigenvalue weighted by Crippen LogP contribution is -2.22. The van der Waals surface area contributed by atoms with Crippen molar-refractivity contribution in [3.8, 4) is 0 Å². The average molecular weight is 287 g/mol. The van der Waals surface area contributed by atoms with Gasteiger partial charge < -0.3 is 10.2 Å². The maximum Gasteiger partial charge on any atom is 0.138 e. The highest BCUT2D eigenvalue weighted by Crippen LogP contribution is 2.29. The summed E-state index contributed by atoms with van der Waals surface area (Å²) in [4.78, 5) is 6.74. The molecule has 112 valence electrons. The van der Waals surface area contributed by atoms with E-state index in [1.807, 2.05) is 27.0 Å². The Morgan fingerprint density at radius 1 is 1.24 bits per heavy atom. The first-order chi connectivity index (χ1) is 10.1. The van der Waals surface area contributed by atoms with E-state index in [-0.39, 0.29) is 5.82 Å². The summed E-state index contributed by atoms with van der Waals surface area (Å²) in [5.74, 6) is 0.667. The van der Waals surface area contributed by atoms with Crippen molar-refractivity contribution in [3.05, 3.63) is 53.0 Å². The van der Waals surface area contributed by atoms with E-state index in [0.29, 0.717) is 0 Å². The van der Waals surface area contributed by atoms with Gasteiger partial charge in [-0.3, -0.25) is 0 Å². The predicted molar refractivity (Wildman–Crippen MR) is 85.6 cm³/mol. The molecule has 0 amide bonds. The summed E-state index contributed by atoms with van der Waals surface area (Å²) in [7, 11) is 1.92. The number of nitrogens with one attached hydrogen (secondary N) is 1. The average Bonchev–Trinajstić information content (AvgIpc) is 2.43. The van der Waals surface area contributed by atoms with Crippen molar-refractivity contribution in [2.75, 3.05) is 18.5 Å². The fourth-order valence-corrected chi connectivity index (χ4v) is 2.56. The fourth-order valence-electron chi connectivity index (χ4n) is 2.56. The van der Waals surface area contributed by atoms with Crippen molar-refractivity contribution in [2.24, 2.45) is 0 Å². The van der Waals surface area contributed by atoms with Crippen LogP contribution in [0.3, 0.4) is 0 Å². The molecule has 3 nitrogen and oxygen atoms in total. The van der Waals surface area contributed by atoms with Gasteiger partial charge in [0, 0.05) is 30.0 Å². The van der Waals surface area contributed by atoms with E-state index in [9.17, 15) is 4.39 Å². The van der Waals surface area contributed by atoms with Crippen LogP contribution in [0.2, 0.25) is 0 Å². The van der Waals surface area contributed by atoms with Crippen LogP contribution < -0.4 is 10.2 Å². The molecule has 21 heavy (non-hydrogen) atoms. The van der Waals surface area contributed by atoms with Gasteiger partial charge in [0.15, 0.2) is 0 Å².